The Kier molecular flexibility index (Phi) is 8.19. The molecule has 0 aromatic carbocycles. The molecule has 0 saturated carbocycles. The molecule has 0 aliphatic carbocycles. The van der Waals surface area contributed by atoms with Crippen molar-refractivity contribution in [1.82, 2.24) is 4.90 Å². The second-order valence-corrected chi connectivity index (χ2v) is 4.22. The average Bonchev–Trinajstić information content (AvgIpc) is 2.34. The quantitative estimate of drug-likeness (QED) is 0.295. The van der Waals surface area contributed by atoms with Gasteiger partial charge in [0, 0.05) is 12.5 Å². The molecule has 0 spiro atoms. The van der Waals surface area contributed by atoms with Crippen molar-refractivity contribution in [1.29, 1.82) is 0 Å². The van der Waals surface area contributed by atoms with Crippen molar-refractivity contribution in [2.75, 3.05) is 13.1 Å². The number of nitrogens with two attached hydrogens (primary N) is 1. The molecule has 0 rings (SSSR count). The van der Waals surface area contributed by atoms with Gasteiger partial charge in [0.05, 0.1) is 6.54 Å². The van der Waals surface area contributed by atoms with Gasteiger partial charge in [-0.15, -0.1) is 0 Å². The van der Waals surface area contributed by atoms with E-state index in [1.807, 2.05) is 6.92 Å². The van der Waals surface area contributed by atoms with Gasteiger partial charge in [0.15, 0.2) is 5.84 Å². The molecule has 1 amide bonds. The molecule has 5 nitrogen and oxygen atoms in total. The van der Waals surface area contributed by atoms with Crippen molar-refractivity contribution in [3.05, 3.63) is 0 Å². The summed E-state index contributed by atoms with van der Waals surface area (Å²) < 4.78 is 0. The lowest BCUT2D eigenvalue weighted by molar-refractivity contribution is -0.135. The standard InChI is InChI=1S/C12H25N3O2/c1-4-7-10(8-5-2)12(16)15(6-3)9-11(13)14-17/h10,17H,4-9H2,1-3H3,(H2,13,14). The fourth-order valence-electron chi connectivity index (χ4n) is 1.92. The van der Waals surface area contributed by atoms with Crippen molar-refractivity contribution in [3.8, 4) is 0 Å². The van der Waals surface area contributed by atoms with E-state index in [2.05, 4.69) is 19.0 Å². The van der Waals surface area contributed by atoms with Crippen molar-refractivity contribution >= 4 is 11.7 Å². The molecule has 0 fully saturated rings. The zero-order valence-corrected chi connectivity index (χ0v) is 11.1. The van der Waals surface area contributed by atoms with Gasteiger partial charge in [-0.3, -0.25) is 4.79 Å². The molecule has 0 radical (unpaired) electrons. The number of hydrogen-bond donors (Lipinski definition) is 2. The van der Waals surface area contributed by atoms with Gasteiger partial charge < -0.3 is 15.8 Å². The molecule has 0 aliphatic heterocycles. The molecule has 0 atom stereocenters. The first kappa shape index (κ1) is 15.7. The average molecular weight is 243 g/mol. The Morgan fingerprint density at radius 2 is 1.82 bits per heavy atom. The molecular formula is C12H25N3O2. The third-order valence-electron chi connectivity index (χ3n) is 2.80. The van der Waals surface area contributed by atoms with E-state index < -0.39 is 0 Å². The maximum atomic E-state index is 12.2. The number of amides is 1. The predicted octanol–water partition coefficient (Wildman–Crippen LogP) is 1.80. The van der Waals surface area contributed by atoms with Crippen molar-refractivity contribution in [3.63, 3.8) is 0 Å². The first-order valence-electron chi connectivity index (χ1n) is 6.35. The van der Waals surface area contributed by atoms with Gasteiger partial charge in [0.2, 0.25) is 5.91 Å². The summed E-state index contributed by atoms with van der Waals surface area (Å²) in [5, 5.41) is 11.4. The van der Waals surface area contributed by atoms with Crippen LogP contribution in [0.15, 0.2) is 5.16 Å². The molecule has 0 unspecified atom stereocenters. The molecule has 5 heteroatoms. The number of carbonyl (C=O) groups is 1. The normalized spacial score (nSPS) is 11.9. The van der Waals surface area contributed by atoms with E-state index in [0.29, 0.717) is 6.54 Å². The van der Waals surface area contributed by atoms with Crippen LogP contribution in [0.3, 0.4) is 0 Å². The summed E-state index contributed by atoms with van der Waals surface area (Å²) in [7, 11) is 0. The second kappa shape index (κ2) is 8.84. The van der Waals surface area contributed by atoms with Crippen LogP contribution in [0.2, 0.25) is 0 Å². The van der Waals surface area contributed by atoms with Crippen LogP contribution in [-0.2, 0) is 4.79 Å². The highest BCUT2D eigenvalue weighted by Crippen LogP contribution is 2.16. The fraction of sp³-hybridized carbons (Fsp3) is 0.833. The highest BCUT2D eigenvalue weighted by molar-refractivity contribution is 5.87. The van der Waals surface area contributed by atoms with E-state index in [1.54, 1.807) is 4.90 Å². The number of amidine groups is 1. The van der Waals surface area contributed by atoms with Gasteiger partial charge >= 0.3 is 0 Å². The Bertz CT molecular complexity index is 248. The van der Waals surface area contributed by atoms with E-state index in [9.17, 15) is 4.79 Å². The lowest BCUT2D eigenvalue weighted by Gasteiger charge is -2.25. The summed E-state index contributed by atoms with van der Waals surface area (Å²) in [5.74, 6) is 0.256. The zero-order chi connectivity index (χ0) is 13.3. The smallest absolute Gasteiger partial charge is 0.226 e. The lowest BCUT2D eigenvalue weighted by Crippen LogP contribution is -2.41. The number of rotatable bonds is 8. The molecule has 100 valence electrons. The van der Waals surface area contributed by atoms with Crippen LogP contribution in [-0.4, -0.2) is 34.9 Å². The summed E-state index contributed by atoms with van der Waals surface area (Å²) in [4.78, 5) is 13.9. The first-order chi connectivity index (χ1) is 8.10. The lowest BCUT2D eigenvalue weighted by atomic mass is 9.96. The van der Waals surface area contributed by atoms with E-state index in [-0.39, 0.29) is 24.2 Å². The molecule has 0 heterocycles. The highest BCUT2D eigenvalue weighted by atomic mass is 16.4. The van der Waals surface area contributed by atoms with Crippen molar-refractivity contribution in [2.24, 2.45) is 16.8 Å². The molecule has 0 aromatic rings. The largest absolute Gasteiger partial charge is 0.409 e. The number of hydrogen-bond acceptors (Lipinski definition) is 3. The Labute approximate surface area is 104 Å². The van der Waals surface area contributed by atoms with Gasteiger partial charge in [-0.05, 0) is 19.8 Å². The minimum atomic E-state index is 0.0662. The van der Waals surface area contributed by atoms with Crippen LogP contribution in [0.1, 0.15) is 46.5 Å². The molecule has 0 aromatic heterocycles. The molecule has 0 aliphatic rings. The van der Waals surface area contributed by atoms with Crippen LogP contribution in [0.4, 0.5) is 0 Å². The Balaban J connectivity index is 4.56. The summed E-state index contributed by atoms with van der Waals surface area (Å²) in [5.41, 5.74) is 5.44. The van der Waals surface area contributed by atoms with Gasteiger partial charge in [-0.25, -0.2) is 0 Å². The van der Waals surface area contributed by atoms with E-state index >= 15 is 0 Å². The molecule has 0 bridgehead atoms. The van der Waals surface area contributed by atoms with Crippen LogP contribution in [0.5, 0.6) is 0 Å². The Hall–Kier alpha value is -1.26. The Morgan fingerprint density at radius 3 is 2.18 bits per heavy atom. The summed E-state index contributed by atoms with van der Waals surface area (Å²) in [6, 6.07) is 0. The highest BCUT2D eigenvalue weighted by Gasteiger charge is 2.22. The Morgan fingerprint density at radius 1 is 1.29 bits per heavy atom. The van der Waals surface area contributed by atoms with Crippen LogP contribution < -0.4 is 5.73 Å². The minimum Gasteiger partial charge on any atom is -0.409 e. The number of nitrogens with zero attached hydrogens (tertiary/aromatic N) is 2. The summed E-state index contributed by atoms with van der Waals surface area (Å²) in [6.45, 7) is 6.85. The molecule has 17 heavy (non-hydrogen) atoms. The predicted molar refractivity (Wildman–Crippen MR) is 69.0 cm³/mol. The van der Waals surface area contributed by atoms with Crippen molar-refractivity contribution < 1.29 is 10.0 Å². The van der Waals surface area contributed by atoms with Gasteiger partial charge in [0.25, 0.3) is 0 Å². The maximum Gasteiger partial charge on any atom is 0.226 e. The fourth-order valence-corrected chi connectivity index (χ4v) is 1.92. The molecule has 0 saturated heterocycles. The van der Waals surface area contributed by atoms with Crippen LogP contribution >= 0.6 is 0 Å². The molecular weight excluding hydrogens is 218 g/mol. The minimum absolute atomic E-state index is 0.0662. The third kappa shape index (κ3) is 5.56. The van der Waals surface area contributed by atoms with Gasteiger partial charge in [-0.2, -0.15) is 0 Å². The van der Waals surface area contributed by atoms with Gasteiger partial charge in [0.1, 0.15) is 0 Å². The summed E-state index contributed by atoms with van der Waals surface area (Å²) >= 11 is 0. The van der Waals surface area contributed by atoms with E-state index in [4.69, 9.17) is 10.9 Å². The monoisotopic (exact) mass is 243 g/mol. The molecule has 3 N–H and O–H groups in total. The first-order valence-corrected chi connectivity index (χ1v) is 6.35. The van der Waals surface area contributed by atoms with Gasteiger partial charge in [-0.1, -0.05) is 31.8 Å². The number of carbonyl (C=O) groups excluding carboxylic acids is 1. The second-order valence-electron chi connectivity index (χ2n) is 4.22. The topological polar surface area (TPSA) is 78.9 Å². The van der Waals surface area contributed by atoms with Crippen LogP contribution in [0.25, 0.3) is 0 Å². The number of oxime groups is 1. The SMILES string of the molecule is CCCC(CCC)C(=O)N(CC)CC(N)=NO. The van der Waals surface area contributed by atoms with Crippen LogP contribution in [0, 0.1) is 5.92 Å². The van der Waals surface area contributed by atoms with E-state index in [0.717, 1.165) is 25.7 Å². The number of likely N-dealkylation sites (N-methyl/N-ethyl adjacent to an activating group) is 1. The maximum absolute atomic E-state index is 12.2. The van der Waals surface area contributed by atoms with Crippen molar-refractivity contribution in [2.45, 2.75) is 46.5 Å². The third-order valence-corrected chi connectivity index (χ3v) is 2.80. The summed E-state index contributed by atoms with van der Waals surface area (Å²) in [6.07, 6.45) is 3.80. The van der Waals surface area contributed by atoms with E-state index in [1.165, 1.54) is 0 Å². The zero-order valence-electron chi connectivity index (χ0n) is 11.1.